The van der Waals surface area contributed by atoms with Crippen molar-refractivity contribution < 1.29 is 19.4 Å². The third-order valence-electron chi connectivity index (χ3n) is 5.30. The molecule has 2 aromatic carbocycles. The van der Waals surface area contributed by atoms with Gasteiger partial charge in [0.15, 0.2) is 11.5 Å². The maximum atomic E-state index is 12.1. The van der Waals surface area contributed by atoms with E-state index in [0.717, 1.165) is 35.2 Å². The summed E-state index contributed by atoms with van der Waals surface area (Å²) in [5.41, 5.74) is 4.57. The van der Waals surface area contributed by atoms with Gasteiger partial charge in [0.25, 0.3) is 0 Å². The number of nitrogens with zero attached hydrogens (tertiary/aromatic N) is 1. The average Bonchev–Trinajstić information content (AvgIpc) is 2.73. The lowest BCUT2D eigenvalue weighted by Gasteiger charge is -2.22. The number of hydrogen-bond donors (Lipinski definition) is 1. The summed E-state index contributed by atoms with van der Waals surface area (Å²) >= 11 is 0. The predicted molar refractivity (Wildman–Crippen MR) is 118 cm³/mol. The number of hydrogen-bond acceptors (Lipinski definition) is 4. The van der Waals surface area contributed by atoms with E-state index in [2.05, 4.69) is 6.08 Å². The molecular weight excluding hydrogens is 378 g/mol. The highest BCUT2D eigenvalue weighted by Gasteiger charge is 2.25. The van der Waals surface area contributed by atoms with E-state index in [1.165, 1.54) is 0 Å². The molecule has 0 unspecified atom stereocenters. The van der Waals surface area contributed by atoms with E-state index in [0.29, 0.717) is 34.4 Å². The van der Waals surface area contributed by atoms with Crippen LogP contribution in [0.3, 0.4) is 0 Å². The molecule has 1 aliphatic rings. The maximum absolute atomic E-state index is 12.1. The van der Waals surface area contributed by atoms with Crippen molar-refractivity contribution in [2.75, 3.05) is 7.11 Å². The van der Waals surface area contributed by atoms with Crippen LogP contribution in [0.5, 0.6) is 11.5 Å². The SMILES string of the molecule is COc1cccc(/C=C2\CCCc3c2nc2ccccc2c3C(=O)O)c1OC(C)C. The van der Waals surface area contributed by atoms with Gasteiger partial charge in [0, 0.05) is 10.9 Å². The number of carboxylic acids is 1. The molecule has 0 atom stereocenters. The fourth-order valence-electron chi connectivity index (χ4n) is 4.08. The molecule has 0 saturated heterocycles. The fraction of sp³-hybridized carbons (Fsp3) is 0.280. The van der Waals surface area contributed by atoms with Crippen molar-refractivity contribution in [1.82, 2.24) is 4.98 Å². The van der Waals surface area contributed by atoms with E-state index in [9.17, 15) is 9.90 Å². The lowest BCUT2D eigenvalue weighted by molar-refractivity contribution is 0.0697. The molecule has 0 fully saturated rings. The van der Waals surface area contributed by atoms with E-state index < -0.39 is 5.97 Å². The standard InChI is InChI=1S/C25H25NO4/c1-15(2)30-24-17(9-7-13-21(24)29-3)14-16-8-6-11-19-22(25(27)28)18-10-4-5-12-20(18)26-23(16)19/h4-5,7,9-10,12-15H,6,8,11H2,1-3H3,(H,27,28)/b16-14+. The Kier molecular flexibility index (Phi) is 5.44. The Balaban J connectivity index is 1.93. The zero-order chi connectivity index (χ0) is 21.3. The summed E-state index contributed by atoms with van der Waals surface area (Å²) in [7, 11) is 1.63. The Morgan fingerprint density at radius 3 is 2.67 bits per heavy atom. The number of para-hydroxylation sites is 2. The number of allylic oxidation sites excluding steroid dienone is 1. The quantitative estimate of drug-likeness (QED) is 0.600. The topological polar surface area (TPSA) is 68.7 Å². The van der Waals surface area contributed by atoms with Crippen LogP contribution in [0.15, 0.2) is 42.5 Å². The van der Waals surface area contributed by atoms with Crippen molar-refractivity contribution in [1.29, 1.82) is 0 Å². The lowest BCUT2D eigenvalue weighted by Crippen LogP contribution is -2.13. The molecule has 0 spiro atoms. The van der Waals surface area contributed by atoms with Crippen molar-refractivity contribution in [3.05, 3.63) is 64.8 Å². The summed E-state index contributed by atoms with van der Waals surface area (Å²) in [6.07, 6.45) is 4.47. The monoisotopic (exact) mass is 403 g/mol. The highest BCUT2D eigenvalue weighted by Crippen LogP contribution is 2.39. The molecule has 5 heteroatoms. The Morgan fingerprint density at radius 1 is 1.13 bits per heavy atom. The van der Waals surface area contributed by atoms with Gasteiger partial charge in [-0.2, -0.15) is 0 Å². The van der Waals surface area contributed by atoms with E-state index in [-0.39, 0.29) is 6.10 Å². The lowest BCUT2D eigenvalue weighted by atomic mass is 9.86. The molecule has 0 saturated carbocycles. The molecule has 4 rings (SSSR count). The van der Waals surface area contributed by atoms with Crippen molar-refractivity contribution in [3.63, 3.8) is 0 Å². The number of methoxy groups -OCH3 is 1. The highest BCUT2D eigenvalue weighted by atomic mass is 16.5. The van der Waals surface area contributed by atoms with Gasteiger partial charge in [0.1, 0.15) is 0 Å². The van der Waals surface area contributed by atoms with Crippen LogP contribution in [0, 0.1) is 0 Å². The van der Waals surface area contributed by atoms with E-state index >= 15 is 0 Å². The number of benzene rings is 2. The van der Waals surface area contributed by atoms with Crippen LogP contribution in [0.1, 0.15) is 53.9 Å². The molecule has 1 aliphatic carbocycles. The van der Waals surface area contributed by atoms with E-state index in [1.54, 1.807) is 7.11 Å². The van der Waals surface area contributed by atoms with Gasteiger partial charge < -0.3 is 14.6 Å². The largest absolute Gasteiger partial charge is 0.493 e. The summed E-state index contributed by atoms with van der Waals surface area (Å²) in [5.74, 6) is 0.456. The minimum Gasteiger partial charge on any atom is -0.493 e. The Bertz CT molecular complexity index is 1150. The number of rotatable bonds is 5. The third-order valence-corrected chi connectivity index (χ3v) is 5.30. The summed E-state index contributed by atoms with van der Waals surface area (Å²) in [6, 6.07) is 13.2. The number of aromatic carboxylic acids is 1. The summed E-state index contributed by atoms with van der Waals surface area (Å²) < 4.78 is 11.6. The van der Waals surface area contributed by atoms with Gasteiger partial charge in [-0.3, -0.25) is 0 Å². The van der Waals surface area contributed by atoms with Gasteiger partial charge in [-0.1, -0.05) is 30.3 Å². The molecule has 1 N–H and O–H groups in total. The van der Waals surface area contributed by atoms with Crippen LogP contribution in [0.4, 0.5) is 0 Å². The second-order valence-corrected chi connectivity index (χ2v) is 7.70. The number of ether oxygens (including phenoxy) is 2. The number of aromatic nitrogens is 1. The van der Waals surface area contributed by atoms with Gasteiger partial charge in [0.2, 0.25) is 0 Å². The highest BCUT2D eigenvalue weighted by molar-refractivity contribution is 6.06. The van der Waals surface area contributed by atoms with Crippen LogP contribution < -0.4 is 9.47 Å². The zero-order valence-corrected chi connectivity index (χ0v) is 17.4. The third kappa shape index (κ3) is 3.63. The minimum absolute atomic E-state index is 0.00206. The van der Waals surface area contributed by atoms with Crippen LogP contribution in [-0.2, 0) is 6.42 Å². The molecule has 3 aromatic rings. The first-order chi connectivity index (χ1) is 14.5. The smallest absolute Gasteiger partial charge is 0.336 e. The second-order valence-electron chi connectivity index (χ2n) is 7.70. The van der Waals surface area contributed by atoms with Gasteiger partial charge in [0.05, 0.1) is 30.0 Å². The average molecular weight is 403 g/mol. The zero-order valence-electron chi connectivity index (χ0n) is 17.4. The van der Waals surface area contributed by atoms with Crippen molar-refractivity contribution in [3.8, 4) is 11.5 Å². The number of carbonyl (C=O) groups is 1. The Morgan fingerprint density at radius 2 is 1.93 bits per heavy atom. The molecule has 0 bridgehead atoms. The molecule has 1 aromatic heterocycles. The van der Waals surface area contributed by atoms with Gasteiger partial charge in [-0.05, 0) is 62.5 Å². The first kappa shape index (κ1) is 20.0. The van der Waals surface area contributed by atoms with Gasteiger partial charge >= 0.3 is 5.97 Å². The summed E-state index contributed by atoms with van der Waals surface area (Å²) in [5, 5.41) is 10.6. The van der Waals surface area contributed by atoms with Crippen LogP contribution in [0.2, 0.25) is 0 Å². The van der Waals surface area contributed by atoms with Crippen LogP contribution >= 0.6 is 0 Å². The van der Waals surface area contributed by atoms with Crippen molar-refractivity contribution in [2.24, 2.45) is 0 Å². The van der Waals surface area contributed by atoms with Crippen LogP contribution in [-0.4, -0.2) is 29.3 Å². The normalized spacial score (nSPS) is 14.7. The van der Waals surface area contributed by atoms with E-state index in [1.807, 2.05) is 56.3 Å². The fourth-order valence-corrected chi connectivity index (χ4v) is 4.08. The summed E-state index contributed by atoms with van der Waals surface area (Å²) in [4.78, 5) is 17.0. The Hall–Kier alpha value is -3.34. The molecule has 1 heterocycles. The molecule has 30 heavy (non-hydrogen) atoms. The van der Waals surface area contributed by atoms with E-state index in [4.69, 9.17) is 14.5 Å². The second kappa shape index (κ2) is 8.19. The number of fused-ring (bicyclic) bond motifs is 2. The number of carboxylic acid groups (broad SMARTS) is 1. The molecule has 154 valence electrons. The molecule has 0 aliphatic heterocycles. The Labute approximate surface area is 176 Å². The van der Waals surface area contributed by atoms with Gasteiger partial charge in [-0.25, -0.2) is 9.78 Å². The summed E-state index contributed by atoms with van der Waals surface area (Å²) in [6.45, 7) is 3.96. The van der Waals surface area contributed by atoms with Crippen LogP contribution in [0.25, 0.3) is 22.6 Å². The number of pyridine rings is 1. The first-order valence-electron chi connectivity index (χ1n) is 10.2. The maximum Gasteiger partial charge on any atom is 0.336 e. The van der Waals surface area contributed by atoms with Gasteiger partial charge in [-0.15, -0.1) is 0 Å². The van der Waals surface area contributed by atoms with Crippen molar-refractivity contribution >= 4 is 28.5 Å². The molecule has 0 radical (unpaired) electrons. The minimum atomic E-state index is -0.906. The molecule has 5 nitrogen and oxygen atoms in total. The van der Waals surface area contributed by atoms with Crippen molar-refractivity contribution in [2.45, 2.75) is 39.2 Å². The predicted octanol–water partition coefficient (Wildman–Crippen LogP) is 5.61. The molecular formula is C25H25NO4. The molecule has 0 amide bonds. The first-order valence-corrected chi connectivity index (χ1v) is 10.2.